The normalized spacial score (nSPS) is 19.5. The minimum atomic E-state index is -0.400. The molecule has 8 heteroatoms. The summed E-state index contributed by atoms with van der Waals surface area (Å²) in [6.07, 6.45) is 0.790. The van der Waals surface area contributed by atoms with Gasteiger partial charge in [0.1, 0.15) is 11.6 Å². The van der Waals surface area contributed by atoms with Gasteiger partial charge in [0.2, 0.25) is 11.8 Å². The second-order valence-electron chi connectivity index (χ2n) is 6.66. The standard InChI is InChI=1S/C19H22N6O2/c1-12-15(11-20)18(25(3)23-12)21-22-19(27)14-9-10-16(26)24(2)17(14)13-7-5-4-6-8-13/h4-8,14,17,21H,9-10H2,1-3H3,(H,22,27). The predicted octanol–water partition coefficient (Wildman–Crippen LogP) is 1.65. The second-order valence-corrected chi connectivity index (χ2v) is 6.66. The van der Waals surface area contributed by atoms with Gasteiger partial charge < -0.3 is 4.90 Å². The summed E-state index contributed by atoms with van der Waals surface area (Å²) in [4.78, 5) is 26.7. The molecule has 3 rings (SSSR count). The molecule has 2 heterocycles. The molecule has 8 nitrogen and oxygen atoms in total. The van der Waals surface area contributed by atoms with E-state index in [0.29, 0.717) is 29.9 Å². The van der Waals surface area contributed by atoms with Crippen LogP contribution in [0.1, 0.15) is 35.7 Å². The lowest BCUT2D eigenvalue weighted by Crippen LogP contribution is -2.47. The van der Waals surface area contributed by atoms with E-state index >= 15 is 0 Å². The first kappa shape index (κ1) is 18.5. The lowest BCUT2D eigenvalue weighted by molar-refractivity contribution is -0.141. The molecule has 1 saturated heterocycles. The number of benzene rings is 1. The van der Waals surface area contributed by atoms with Gasteiger partial charge in [-0.2, -0.15) is 10.4 Å². The summed E-state index contributed by atoms with van der Waals surface area (Å²) < 4.78 is 1.51. The van der Waals surface area contributed by atoms with Crippen molar-refractivity contribution in [2.75, 3.05) is 12.5 Å². The number of amides is 2. The maximum absolute atomic E-state index is 12.9. The van der Waals surface area contributed by atoms with Crippen molar-refractivity contribution in [3.05, 3.63) is 47.2 Å². The van der Waals surface area contributed by atoms with Crippen molar-refractivity contribution in [3.63, 3.8) is 0 Å². The number of nitrogens with one attached hydrogen (secondary N) is 2. The van der Waals surface area contributed by atoms with Gasteiger partial charge in [-0.05, 0) is 18.9 Å². The SMILES string of the molecule is Cc1nn(C)c(NNC(=O)C2CCC(=O)N(C)C2c2ccccc2)c1C#N. The zero-order valence-corrected chi connectivity index (χ0v) is 15.6. The quantitative estimate of drug-likeness (QED) is 0.801. The topological polar surface area (TPSA) is 103 Å². The Labute approximate surface area is 157 Å². The van der Waals surface area contributed by atoms with Crippen LogP contribution in [0.4, 0.5) is 5.82 Å². The fourth-order valence-corrected chi connectivity index (χ4v) is 3.57. The van der Waals surface area contributed by atoms with Crippen LogP contribution in [-0.4, -0.2) is 33.5 Å². The fraction of sp³-hybridized carbons (Fsp3) is 0.368. The molecule has 0 aliphatic carbocycles. The van der Waals surface area contributed by atoms with Gasteiger partial charge in [0.05, 0.1) is 17.7 Å². The van der Waals surface area contributed by atoms with E-state index in [1.165, 1.54) is 4.68 Å². The Balaban J connectivity index is 1.80. The molecule has 0 saturated carbocycles. The molecule has 1 aliphatic rings. The molecule has 2 amide bonds. The molecule has 2 N–H and O–H groups in total. The van der Waals surface area contributed by atoms with E-state index in [1.807, 2.05) is 30.3 Å². The van der Waals surface area contributed by atoms with Crippen LogP contribution >= 0.6 is 0 Å². The first-order chi connectivity index (χ1) is 12.9. The van der Waals surface area contributed by atoms with Gasteiger partial charge in [0.25, 0.3) is 0 Å². The fourth-order valence-electron chi connectivity index (χ4n) is 3.57. The molecule has 2 unspecified atom stereocenters. The van der Waals surface area contributed by atoms with E-state index in [4.69, 9.17) is 0 Å². The lowest BCUT2D eigenvalue weighted by Gasteiger charge is -2.38. The minimum absolute atomic E-state index is 0.0230. The van der Waals surface area contributed by atoms with Crippen LogP contribution < -0.4 is 10.9 Å². The zero-order valence-electron chi connectivity index (χ0n) is 15.6. The number of aromatic nitrogens is 2. The Morgan fingerprint density at radius 3 is 2.67 bits per heavy atom. The highest BCUT2D eigenvalue weighted by Gasteiger charge is 2.38. The third kappa shape index (κ3) is 3.49. The van der Waals surface area contributed by atoms with Gasteiger partial charge in [-0.25, -0.2) is 0 Å². The molecule has 140 valence electrons. The van der Waals surface area contributed by atoms with Crippen molar-refractivity contribution in [3.8, 4) is 6.07 Å². The van der Waals surface area contributed by atoms with E-state index in [1.54, 1.807) is 25.9 Å². The number of aryl methyl sites for hydroxylation is 2. The molecule has 0 spiro atoms. The number of nitrogens with zero attached hydrogens (tertiary/aromatic N) is 4. The van der Waals surface area contributed by atoms with Gasteiger partial charge in [0.15, 0.2) is 5.82 Å². The Kier molecular flexibility index (Phi) is 5.12. The summed E-state index contributed by atoms with van der Waals surface area (Å²) in [6.45, 7) is 1.73. The minimum Gasteiger partial charge on any atom is -0.338 e. The largest absolute Gasteiger partial charge is 0.338 e. The molecular weight excluding hydrogens is 344 g/mol. The van der Waals surface area contributed by atoms with E-state index in [2.05, 4.69) is 22.0 Å². The highest BCUT2D eigenvalue weighted by atomic mass is 16.2. The van der Waals surface area contributed by atoms with Crippen LogP contribution in [0.15, 0.2) is 30.3 Å². The number of hydrogen-bond donors (Lipinski definition) is 2. The monoisotopic (exact) mass is 366 g/mol. The average molecular weight is 366 g/mol. The number of nitriles is 1. The number of hydrogen-bond acceptors (Lipinski definition) is 5. The average Bonchev–Trinajstić information content (AvgIpc) is 2.94. The summed E-state index contributed by atoms with van der Waals surface area (Å²) in [5.41, 5.74) is 7.40. The Hall–Kier alpha value is -3.34. The maximum Gasteiger partial charge on any atom is 0.243 e. The van der Waals surface area contributed by atoms with Crippen molar-refractivity contribution in [1.82, 2.24) is 20.1 Å². The van der Waals surface area contributed by atoms with Gasteiger partial charge in [-0.3, -0.25) is 25.1 Å². The smallest absolute Gasteiger partial charge is 0.243 e. The summed E-state index contributed by atoms with van der Waals surface area (Å²) in [5.74, 6) is -0.178. The number of likely N-dealkylation sites (tertiary alicyclic amines) is 1. The molecule has 2 aromatic rings. The number of anilines is 1. The Morgan fingerprint density at radius 2 is 2.00 bits per heavy atom. The van der Waals surface area contributed by atoms with Crippen molar-refractivity contribution >= 4 is 17.6 Å². The molecule has 1 aliphatic heterocycles. The molecule has 0 bridgehead atoms. The van der Waals surface area contributed by atoms with Crippen LogP contribution in [0.5, 0.6) is 0 Å². The van der Waals surface area contributed by atoms with Crippen LogP contribution in [0.3, 0.4) is 0 Å². The Bertz CT molecular complexity index is 899. The van der Waals surface area contributed by atoms with Crippen molar-refractivity contribution in [2.45, 2.75) is 25.8 Å². The van der Waals surface area contributed by atoms with Gasteiger partial charge >= 0.3 is 0 Å². The first-order valence-electron chi connectivity index (χ1n) is 8.74. The van der Waals surface area contributed by atoms with E-state index in [-0.39, 0.29) is 17.9 Å². The lowest BCUT2D eigenvalue weighted by atomic mass is 9.84. The molecule has 1 fully saturated rings. The van der Waals surface area contributed by atoms with Gasteiger partial charge in [-0.15, -0.1) is 0 Å². The Morgan fingerprint density at radius 1 is 1.30 bits per heavy atom. The molecule has 1 aromatic heterocycles. The first-order valence-corrected chi connectivity index (χ1v) is 8.74. The number of carbonyl (C=O) groups excluding carboxylic acids is 2. The van der Waals surface area contributed by atoms with Crippen molar-refractivity contribution in [1.29, 1.82) is 5.26 Å². The van der Waals surface area contributed by atoms with Gasteiger partial charge in [0, 0.05) is 20.5 Å². The van der Waals surface area contributed by atoms with E-state index < -0.39 is 5.92 Å². The van der Waals surface area contributed by atoms with E-state index in [9.17, 15) is 14.9 Å². The maximum atomic E-state index is 12.9. The number of piperidine rings is 1. The predicted molar refractivity (Wildman–Crippen MR) is 99.1 cm³/mol. The molecule has 2 atom stereocenters. The third-order valence-corrected chi connectivity index (χ3v) is 4.98. The van der Waals surface area contributed by atoms with Crippen LogP contribution in [0, 0.1) is 24.2 Å². The number of hydrazine groups is 1. The summed E-state index contributed by atoms with van der Waals surface area (Å²) in [5, 5.41) is 13.5. The third-order valence-electron chi connectivity index (χ3n) is 4.98. The van der Waals surface area contributed by atoms with Crippen LogP contribution in [-0.2, 0) is 16.6 Å². The molecule has 1 aromatic carbocycles. The number of rotatable bonds is 4. The van der Waals surface area contributed by atoms with Crippen molar-refractivity contribution in [2.24, 2.45) is 13.0 Å². The molecule has 0 radical (unpaired) electrons. The highest BCUT2D eigenvalue weighted by molar-refractivity contribution is 5.85. The number of carbonyl (C=O) groups is 2. The van der Waals surface area contributed by atoms with Crippen LogP contribution in [0.25, 0.3) is 0 Å². The summed E-state index contributed by atoms with van der Waals surface area (Å²) in [7, 11) is 3.42. The van der Waals surface area contributed by atoms with Crippen LogP contribution in [0.2, 0.25) is 0 Å². The highest BCUT2D eigenvalue weighted by Crippen LogP contribution is 2.35. The zero-order chi connectivity index (χ0) is 19.6. The summed E-state index contributed by atoms with van der Waals surface area (Å²) in [6, 6.07) is 11.3. The van der Waals surface area contributed by atoms with Gasteiger partial charge in [-0.1, -0.05) is 30.3 Å². The second kappa shape index (κ2) is 7.50. The summed E-state index contributed by atoms with van der Waals surface area (Å²) >= 11 is 0. The van der Waals surface area contributed by atoms with Crippen molar-refractivity contribution < 1.29 is 9.59 Å². The van der Waals surface area contributed by atoms with E-state index in [0.717, 1.165) is 5.56 Å². The molecular formula is C19H22N6O2. The molecule has 27 heavy (non-hydrogen) atoms.